The second-order valence-corrected chi connectivity index (χ2v) is 7.72. The van der Waals surface area contributed by atoms with Gasteiger partial charge in [0.2, 0.25) is 5.91 Å². The first-order valence-electron chi connectivity index (χ1n) is 10.5. The first kappa shape index (κ1) is 22.2. The van der Waals surface area contributed by atoms with Gasteiger partial charge < -0.3 is 24.8 Å². The first-order chi connectivity index (χ1) is 15.5. The lowest BCUT2D eigenvalue weighted by atomic mass is 10.0. The number of hydrogen-bond acceptors (Lipinski definition) is 6. The second kappa shape index (κ2) is 10.1. The Morgan fingerprint density at radius 1 is 1.12 bits per heavy atom. The van der Waals surface area contributed by atoms with Crippen molar-refractivity contribution < 1.29 is 28.2 Å². The molecule has 8 nitrogen and oxygen atoms in total. The summed E-state index contributed by atoms with van der Waals surface area (Å²) in [6.07, 6.45) is -1.23. The lowest BCUT2D eigenvalue weighted by Crippen LogP contribution is -2.33. The van der Waals surface area contributed by atoms with Crippen LogP contribution in [0.5, 0.6) is 0 Å². The minimum atomic E-state index is -0.558. The monoisotopic (exact) mass is 443 g/mol. The largest absolute Gasteiger partial charge is 0.442 e. The number of halogens is 1. The van der Waals surface area contributed by atoms with Gasteiger partial charge in [-0.1, -0.05) is 24.3 Å². The van der Waals surface area contributed by atoms with Gasteiger partial charge in [-0.3, -0.25) is 9.69 Å². The van der Waals surface area contributed by atoms with Crippen LogP contribution in [-0.2, 0) is 25.5 Å². The van der Waals surface area contributed by atoms with E-state index in [0.29, 0.717) is 37.6 Å². The molecule has 170 valence electrons. The van der Waals surface area contributed by atoms with Crippen molar-refractivity contribution in [3.05, 3.63) is 53.8 Å². The fourth-order valence-electron chi connectivity index (χ4n) is 3.66. The highest BCUT2D eigenvalue weighted by Crippen LogP contribution is 2.29. The smallest absolute Gasteiger partial charge is 0.414 e. The molecule has 2 saturated heterocycles. The molecular formula is C23H26FN3O5. The van der Waals surface area contributed by atoms with E-state index in [1.807, 2.05) is 24.3 Å². The maximum atomic E-state index is 14.9. The summed E-state index contributed by atoms with van der Waals surface area (Å²) in [6.45, 7) is 4.39. The maximum absolute atomic E-state index is 14.9. The summed E-state index contributed by atoms with van der Waals surface area (Å²) in [6, 6.07) is 12.3. The molecule has 2 aliphatic rings. The highest BCUT2D eigenvalue weighted by Gasteiger charge is 2.32. The number of cyclic esters (lactones) is 1. The standard InChI is InChI=1S/C23H26FN3O5/c1-15(28)26-12-19-14-27(23(29)32-19)18-6-7-20(21(24)10-18)17-4-2-16(3-5-17)11-25-13-22-30-8-9-31-22/h2-7,10,19,22,25H,8-9,11-14H2,1H3,(H,26,28)/t19-/m0/s1. The molecule has 2 N–H and O–H groups in total. The Kier molecular flexibility index (Phi) is 6.99. The highest BCUT2D eigenvalue weighted by molar-refractivity contribution is 5.90. The van der Waals surface area contributed by atoms with Crippen molar-refractivity contribution in [1.29, 1.82) is 0 Å². The molecular weight excluding hydrogens is 417 g/mol. The number of anilines is 1. The molecule has 1 atom stereocenters. The predicted molar refractivity (Wildman–Crippen MR) is 116 cm³/mol. The van der Waals surface area contributed by atoms with Crippen molar-refractivity contribution in [2.45, 2.75) is 25.9 Å². The van der Waals surface area contributed by atoms with E-state index in [2.05, 4.69) is 10.6 Å². The Morgan fingerprint density at radius 2 is 1.88 bits per heavy atom. The normalized spacial score (nSPS) is 18.8. The number of rotatable bonds is 8. The number of nitrogens with zero attached hydrogens (tertiary/aromatic N) is 1. The quantitative estimate of drug-likeness (QED) is 0.652. The van der Waals surface area contributed by atoms with Crippen LogP contribution in [0, 0.1) is 5.82 Å². The van der Waals surface area contributed by atoms with Crippen LogP contribution < -0.4 is 15.5 Å². The average molecular weight is 443 g/mol. The van der Waals surface area contributed by atoms with Crippen LogP contribution in [0.2, 0.25) is 0 Å². The van der Waals surface area contributed by atoms with Gasteiger partial charge in [0.05, 0.1) is 32.0 Å². The lowest BCUT2D eigenvalue weighted by molar-refractivity contribution is -0.119. The number of carbonyl (C=O) groups excluding carboxylic acids is 2. The zero-order valence-electron chi connectivity index (χ0n) is 17.8. The fourth-order valence-corrected chi connectivity index (χ4v) is 3.66. The van der Waals surface area contributed by atoms with E-state index in [-0.39, 0.29) is 25.3 Å². The molecule has 2 aliphatic heterocycles. The van der Waals surface area contributed by atoms with Gasteiger partial charge in [-0.2, -0.15) is 0 Å². The number of benzene rings is 2. The summed E-state index contributed by atoms with van der Waals surface area (Å²) in [7, 11) is 0. The Bertz CT molecular complexity index is 963. The van der Waals surface area contributed by atoms with Gasteiger partial charge >= 0.3 is 6.09 Å². The third-order valence-electron chi connectivity index (χ3n) is 5.31. The van der Waals surface area contributed by atoms with Crippen LogP contribution in [-0.4, -0.2) is 57.2 Å². The molecule has 0 radical (unpaired) electrons. The third-order valence-corrected chi connectivity index (χ3v) is 5.31. The zero-order valence-corrected chi connectivity index (χ0v) is 17.8. The number of carbonyl (C=O) groups is 2. The van der Waals surface area contributed by atoms with Crippen LogP contribution in [0.4, 0.5) is 14.9 Å². The summed E-state index contributed by atoms with van der Waals surface area (Å²) < 4.78 is 30.9. The molecule has 0 aliphatic carbocycles. The van der Waals surface area contributed by atoms with Crippen molar-refractivity contribution >= 4 is 17.7 Å². The summed E-state index contributed by atoms with van der Waals surface area (Å²) in [5, 5.41) is 5.90. The van der Waals surface area contributed by atoms with Crippen molar-refractivity contribution in [1.82, 2.24) is 10.6 Å². The van der Waals surface area contributed by atoms with Crippen LogP contribution in [0.25, 0.3) is 11.1 Å². The Hall–Kier alpha value is -3.01. The number of ether oxygens (including phenoxy) is 3. The molecule has 2 aromatic carbocycles. The van der Waals surface area contributed by atoms with Gasteiger partial charge in [-0.15, -0.1) is 0 Å². The molecule has 0 spiro atoms. The maximum Gasteiger partial charge on any atom is 0.414 e. The number of amides is 2. The van der Waals surface area contributed by atoms with Gasteiger partial charge in [0, 0.05) is 25.6 Å². The topological polar surface area (TPSA) is 89.1 Å². The van der Waals surface area contributed by atoms with Gasteiger partial charge in [0.15, 0.2) is 6.29 Å². The van der Waals surface area contributed by atoms with Crippen LogP contribution in [0.3, 0.4) is 0 Å². The molecule has 0 aromatic heterocycles. The molecule has 9 heteroatoms. The summed E-state index contributed by atoms with van der Waals surface area (Å²) >= 11 is 0. The molecule has 2 aromatic rings. The molecule has 32 heavy (non-hydrogen) atoms. The Balaban J connectivity index is 1.36. The average Bonchev–Trinajstić information content (AvgIpc) is 3.42. The van der Waals surface area contributed by atoms with Gasteiger partial charge in [-0.05, 0) is 29.3 Å². The van der Waals surface area contributed by atoms with E-state index in [1.165, 1.54) is 17.9 Å². The molecule has 2 heterocycles. The molecule has 0 bridgehead atoms. The number of nitrogens with one attached hydrogen (secondary N) is 2. The molecule has 2 fully saturated rings. The SMILES string of the molecule is CC(=O)NC[C@H]1CN(c2ccc(-c3ccc(CNCC4OCCO4)cc3)c(F)c2)C(=O)O1. The summed E-state index contributed by atoms with van der Waals surface area (Å²) in [5.74, 6) is -0.629. The van der Waals surface area contributed by atoms with Crippen molar-refractivity contribution in [2.24, 2.45) is 0 Å². The van der Waals surface area contributed by atoms with Gasteiger partial charge in [0.1, 0.15) is 11.9 Å². The minimum Gasteiger partial charge on any atom is -0.442 e. The summed E-state index contributed by atoms with van der Waals surface area (Å²) in [5.41, 5.74) is 2.67. The van der Waals surface area contributed by atoms with Gasteiger partial charge in [-0.25, -0.2) is 9.18 Å². The highest BCUT2D eigenvalue weighted by atomic mass is 19.1. The minimum absolute atomic E-state index is 0.199. The zero-order chi connectivity index (χ0) is 22.5. The third kappa shape index (κ3) is 5.42. The molecule has 0 unspecified atom stereocenters. The Labute approximate surface area is 185 Å². The molecule has 0 saturated carbocycles. The summed E-state index contributed by atoms with van der Waals surface area (Å²) in [4.78, 5) is 24.6. The van der Waals surface area contributed by atoms with Crippen molar-refractivity contribution in [3.63, 3.8) is 0 Å². The number of hydrogen-bond donors (Lipinski definition) is 2. The second-order valence-electron chi connectivity index (χ2n) is 7.72. The lowest BCUT2D eigenvalue weighted by Gasteiger charge is -2.15. The van der Waals surface area contributed by atoms with E-state index < -0.39 is 18.0 Å². The fraction of sp³-hybridized carbons (Fsp3) is 0.391. The molecule has 4 rings (SSSR count). The Morgan fingerprint density at radius 3 is 2.56 bits per heavy atom. The molecule has 2 amide bonds. The van der Waals surface area contributed by atoms with Crippen LogP contribution >= 0.6 is 0 Å². The predicted octanol–water partition coefficient (Wildman–Crippen LogP) is 2.42. The van der Waals surface area contributed by atoms with Crippen molar-refractivity contribution in [2.75, 3.05) is 37.7 Å². The first-order valence-corrected chi connectivity index (χ1v) is 10.5. The van der Waals surface area contributed by atoms with Crippen LogP contribution in [0.15, 0.2) is 42.5 Å². The van der Waals surface area contributed by atoms with E-state index in [0.717, 1.165) is 11.1 Å². The van der Waals surface area contributed by atoms with Crippen LogP contribution in [0.1, 0.15) is 12.5 Å². The van der Waals surface area contributed by atoms with E-state index in [1.54, 1.807) is 12.1 Å². The van der Waals surface area contributed by atoms with E-state index in [4.69, 9.17) is 14.2 Å². The van der Waals surface area contributed by atoms with Gasteiger partial charge in [0.25, 0.3) is 0 Å². The van der Waals surface area contributed by atoms with E-state index in [9.17, 15) is 14.0 Å². The van der Waals surface area contributed by atoms with E-state index >= 15 is 0 Å². The van der Waals surface area contributed by atoms with Crippen molar-refractivity contribution in [3.8, 4) is 11.1 Å².